The Morgan fingerprint density at radius 1 is 1.15 bits per heavy atom. The summed E-state index contributed by atoms with van der Waals surface area (Å²) in [5.74, 6) is 0.389. The van der Waals surface area contributed by atoms with Crippen molar-refractivity contribution in [2.24, 2.45) is 0 Å². The van der Waals surface area contributed by atoms with Gasteiger partial charge in [0, 0.05) is 17.1 Å². The molecule has 0 aliphatic heterocycles. The smallest absolute Gasteiger partial charge is 0.164 e. The second-order valence-electron chi connectivity index (χ2n) is 5.83. The van der Waals surface area contributed by atoms with Crippen molar-refractivity contribution < 1.29 is 10.9 Å². The van der Waals surface area contributed by atoms with E-state index in [1.807, 2.05) is 31.2 Å². The number of halogens is 1. The predicted octanol–water partition coefficient (Wildman–Crippen LogP) is 3.63. The summed E-state index contributed by atoms with van der Waals surface area (Å²) in [6, 6.07) is 14.1. The number of para-hydroxylation sites is 1. The van der Waals surface area contributed by atoms with E-state index in [9.17, 15) is 9.50 Å². The summed E-state index contributed by atoms with van der Waals surface area (Å²) in [6.07, 6.45) is -2.24. The zero-order valence-corrected chi connectivity index (χ0v) is 13.9. The summed E-state index contributed by atoms with van der Waals surface area (Å²) in [5.41, 5.74) is 1.60. The van der Waals surface area contributed by atoms with Gasteiger partial charge in [-0.2, -0.15) is 5.10 Å². The minimum Gasteiger partial charge on any atom is -0.380 e. The average molecular weight is 350 g/mol. The number of hydrogen-bond acceptors (Lipinski definition) is 5. The van der Waals surface area contributed by atoms with E-state index in [-0.39, 0.29) is 11.4 Å². The quantitative estimate of drug-likeness (QED) is 0.523. The van der Waals surface area contributed by atoms with Crippen molar-refractivity contribution in [2.75, 3.05) is 5.32 Å². The number of H-pyrrole nitrogens is 1. The Bertz CT molecular complexity index is 1110. The Balaban J connectivity index is 1.84. The maximum Gasteiger partial charge on any atom is 0.164 e. The van der Waals surface area contributed by atoms with Gasteiger partial charge in [-0.25, -0.2) is 14.4 Å². The summed E-state index contributed by atoms with van der Waals surface area (Å²) in [5, 5.41) is 21.5. The predicted molar refractivity (Wildman–Crippen MR) is 96.6 cm³/mol. The first-order valence-electron chi connectivity index (χ1n) is 8.48. The third-order valence-corrected chi connectivity index (χ3v) is 3.89. The molecule has 0 aliphatic carbocycles. The number of aromatic amines is 1. The van der Waals surface area contributed by atoms with Gasteiger partial charge in [-0.05, 0) is 36.8 Å². The fourth-order valence-corrected chi connectivity index (χ4v) is 2.62. The van der Waals surface area contributed by atoms with Gasteiger partial charge in [-0.1, -0.05) is 24.3 Å². The van der Waals surface area contributed by atoms with Crippen molar-refractivity contribution in [2.45, 2.75) is 13.0 Å². The number of nitrogens with zero attached hydrogens (tertiary/aromatic N) is 3. The number of aliphatic hydroxyl groups is 1. The summed E-state index contributed by atoms with van der Waals surface area (Å²) >= 11 is 0. The number of nitrogens with one attached hydrogen (secondary N) is 2. The highest BCUT2D eigenvalue weighted by Gasteiger charge is 2.17. The van der Waals surface area contributed by atoms with Crippen molar-refractivity contribution in [3.8, 4) is 0 Å². The van der Waals surface area contributed by atoms with Crippen molar-refractivity contribution in [3.05, 3.63) is 77.5 Å². The van der Waals surface area contributed by atoms with Gasteiger partial charge in [0.1, 0.15) is 17.7 Å². The van der Waals surface area contributed by atoms with Crippen LogP contribution in [0.1, 0.15) is 24.5 Å². The van der Waals surface area contributed by atoms with Crippen LogP contribution in [0.4, 0.5) is 16.0 Å². The first-order valence-corrected chi connectivity index (χ1v) is 7.98. The van der Waals surface area contributed by atoms with E-state index in [1.54, 1.807) is 6.07 Å². The van der Waals surface area contributed by atoms with Crippen LogP contribution in [0.3, 0.4) is 0 Å². The van der Waals surface area contributed by atoms with Gasteiger partial charge in [-0.15, -0.1) is 0 Å². The normalized spacial score (nSPS) is 14.0. The van der Waals surface area contributed by atoms with Crippen LogP contribution in [-0.2, 0) is 0 Å². The minimum atomic E-state index is -2.24. The Kier molecular flexibility index (Phi) is 3.76. The summed E-state index contributed by atoms with van der Waals surface area (Å²) < 4.78 is 21.6. The zero-order valence-electron chi connectivity index (χ0n) is 14.9. The minimum absolute atomic E-state index is 0.123. The van der Waals surface area contributed by atoms with E-state index >= 15 is 0 Å². The van der Waals surface area contributed by atoms with Crippen LogP contribution in [0.5, 0.6) is 0 Å². The van der Waals surface area contributed by atoms with Gasteiger partial charge in [0.2, 0.25) is 0 Å². The molecule has 4 aromatic rings. The maximum absolute atomic E-state index is 13.2. The molecule has 1 atom stereocenters. The molecule has 0 aliphatic rings. The molecule has 6 nitrogen and oxygen atoms in total. The molecular formula is C19H16FN5O. The van der Waals surface area contributed by atoms with Gasteiger partial charge in [0.15, 0.2) is 11.6 Å². The Labute approximate surface area is 150 Å². The van der Waals surface area contributed by atoms with Crippen LogP contribution in [0.15, 0.2) is 54.6 Å². The van der Waals surface area contributed by atoms with Crippen molar-refractivity contribution in [1.29, 1.82) is 0 Å². The van der Waals surface area contributed by atoms with Crippen LogP contribution in [0.25, 0.3) is 10.9 Å². The lowest BCUT2D eigenvalue weighted by atomic mass is 10.1. The van der Waals surface area contributed by atoms with Gasteiger partial charge >= 0.3 is 0 Å². The molecule has 2 aromatic heterocycles. The highest BCUT2D eigenvalue weighted by molar-refractivity contribution is 5.90. The first kappa shape index (κ1) is 15.0. The molecular weight excluding hydrogens is 333 g/mol. The molecule has 0 bridgehead atoms. The standard InChI is InChI=1S/C19H16FN5O/c1-11-10-16(25-24-11)22-18-14-4-2-3-5-15(14)21-19(23-18)17(26)12-6-8-13(20)9-7-12/h2-10,17,26H,1H3,(H2,21,22,23,24,25)/t17-/m1/s1/i17D. The van der Waals surface area contributed by atoms with E-state index in [1.165, 1.54) is 24.3 Å². The number of anilines is 2. The Hall–Kier alpha value is -3.32. The molecule has 0 spiro atoms. The van der Waals surface area contributed by atoms with E-state index in [0.29, 0.717) is 17.2 Å². The molecule has 2 heterocycles. The van der Waals surface area contributed by atoms with E-state index in [2.05, 4.69) is 25.5 Å². The lowest BCUT2D eigenvalue weighted by Crippen LogP contribution is -2.08. The van der Waals surface area contributed by atoms with E-state index in [0.717, 1.165) is 11.1 Å². The van der Waals surface area contributed by atoms with Crippen LogP contribution in [0.2, 0.25) is 0 Å². The fraction of sp³-hybridized carbons (Fsp3) is 0.105. The summed E-state index contributed by atoms with van der Waals surface area (Å²) in [7, 11) is 0. The second kappa shape index (κ2) is 6.53. The monoisotopic (exact) mass is 350 g/mol. The van der Waals surface area contributed by atoms with Gasteiger partial charge < -0.3 is 10.4 Å². The highest BCUT2D eigenvalue weighted by atomic mass is 19.1. The second-order valence-corrected chi connectivity index (χ2v) is 5.83. The van der Waals surface area contributed by atoms with Crippen LogP contribution < -0.4 is 5.32 Å². The molecule has 7 heteroatoms. The Morgan fingerprint density at radius 3 is 2.65 bits per heavy atom. The number of hydrogen-bond donors (Lipinski definition) is 3. The molecule has 26 heavy (non-hydrogen) atoms. The van der Waals surface area contributed by atoms with E-state index < -0.39 is 11.9 Å². The number of rotatable bonds is 4. The van der Waals surface area contributed by atoms with Crippen LogP contribution in [0, 0.1) is 12.7 Å². The lowest BCUT2D eigenvalue weighted by molar-refractivity contribution is 0.210. The number of benzene rings is 2. The first-order chi connectivity index (χ1) is 12.9. The Morgan fingerprint density at radius 2 is 1.92 bits per heavy atom. The molecule has 2 aromatic carbocycles. The SMILES string of the molecule is [2H][C@@](O)(c1ccc(F)cc1)c1nc(Nc2cc(C)[nH]n2)c2ccccc2n1. The third-order valence-electron chi connectivity index (χ3n) is 3.89. The molecule has 4 rings (SSSR count). The summed E-state index contributed by atoms with van der Waals surface area (Å²) in [6.45, 7) is 1.87. The number of aromatic nitrogens is 4. The fourth-order valence-electron chi connectivity index (χ4n) is 2.62. The highest BCUT2D eigenvalue weighted by Crippen LogP contribution is 2.27. The molecule has 0 saturated carbocycles. The molecule has 0 unspecified atom stereocenters. The molecule has 0 radical (unpaired) electrons. The van der Waals surface area contributed by atoms with Gasteiger partial charge in [0.25, 0.3) is 0 Å². The molecule has 3 N–H and O–H groups in total. The molecule has 0 fully saturated rings. The maximum atomic E-state index is 13.2. The van der Waals surface area contributed by atoms with Crippen molar-refractivity contribution in [3.63, 3.8) is 0 Å². The average Bonchev–Trinajstić information content (AvgIpc) is 3.07. The van der Waals surface area contributed by atoms with Crippen molar-refractivity contribution >= 4 is 22.5 Å². The van der Waals surface area contributed by atoms with Gasteiger partial charge in [-0.3, -0.25) is 5.10 Å². The third kappa shape index (κ3) is 3.12. The number of aryl methyl sites for hydroxylation is 1. The molecule has 0 saturated heterocycles. The molecule has 0 amide bonds. The van der Waals surface area contributed by atoms with Crippen LogP contribution >= 0.6 is 0 Å². The molecule has 130 valence electrons. The summed E-state index contributed by atoms with van der Waals surface area (Å²) in [4.78, 5) is 8.71. The van der Waals surface area contributed by atoms with E-state index in [4.69, 9.17) is 1.37 Å². The largest absolute Gasteiger partial charge is 0.380 e. The van der Waals surface area contributed by atoms with Crippen LogP contribution in [-0.4, -0.2) is 25.3 Å². The lowest BCUT2D eigenvalue weighted by Gasteiger charge is -2.13. The van der Waals surface area contributed by atoms with Crippen molar-refractivity contribution in [1.82, 2.24) is 20.2 Å². The topological polar surface area (TPSA) is 86.7 Å². The van der Waals surface area contributed by atoms with Gasteiger partial charge in [0.05, 0.1) is 6.89 Å². The number of fused-ring (bicyclic) bond motifs is 1. The zero-order chi connectivity index (χ0) is 19.0.